The summed E-state index contributed by atoms with van der Waals surface area (Å²) >= 11 is 11.5. The van der Waals surface area contributed by atoms with E-state index < -0.39 is 0 Å². The highest BCUT2D eigenvalue weighted by Gasteiger charge is 2.21. The van der Waals surface area contributed by atoms with E-state index >= 15 is 0 Å². The molecule has 4 rings (SSSR count). The molecule has 9 heteroatoms. The SMILES string of the molecule is CC[C@H](c1n[nH]c(=S)n1-c1cnn(Cc2ccccc2)c1)n1cc(Cl)cn1. The molecule has 3 heterocycles. The van der Waals surface area contributed by atoms with Crippen LogP contribution in [0.5, 0.6) is 0 Å². The van der Waals surface area contributed by atoms with Gasteiger partial charge >= 0.3 is 0 Å². The third kappa shape index (κ3) is 3.58. The van der Waals surface area contributed by atoms with Gasteiger partial charge < -0.3 is 0 Å². The molecule has 138 valence electrons. The Balaban J connectivity index is 1.69. The summed E-state index contributed by atoms with van der Waals surface area (Å²) in [5, 5.41) is 16.7. The van der Waals surface area contributed by atoms with Crippen LogP contribution in [-0.2, 0) is 6.54 Å². The molecule has 0 unspecified atom stereocenters. The Hall–Kier alpha value is -2.71. The Kier molecular flexibility index (Phi) is 4.91. The highest BCUT2D eigenvalue weighted by atomic mass is 35.5. The molecule has 0 fully saturated rings. The van der Waals surface area contributed by atoms with E-state index in [4.69, 9.17) is 23.8 Å². The number of aromatic nitrogens is 7. The van der Waals surface area contributed by atoms with Gasteiger partial charge in [0.15, 0.2) is 10.6 Å². The number of hydrogen-bond acceptors (Lipinski definition) is 4. The van der Waals surface area contributed by atoms with Crippen molar-refractivity contribution in [3.8, 4) is 5.69 Å². The smallest absolute Gasteiger partial charge is 0.200 e. The summed E-state index contributed by atoms with van der Waals surface area (Å²) < 4.78 is 6.10. The maximum absolute atomic E-state index is 6.04. The summed E-state index contributed by atoms with van der Waals surface area (Å²) in [4.78, 5) is 0. The number of nitrogens with one attached hydrogen (secondary N) is 1. The minimum atomic E-state index is -0.0945. The summed E-state index contributed by atoms with van der Waals surface area (Å²) in [5.41, 5.74) is 2.04. The van der Waals surface area contributed by atoms with Crippen LogP contribution in [0.4, 0.5) is 0 Å². The van der Waals surface area contributed by atoms with Crippen LogP contribution < -0.4 is 0 Å². The highest BCUT2D eigenvalue weighted by Crippen LogP contribution is 2.24. The lowest BCUT2D eigenvalue weighted by molar-refractivity contribution is 0.477. The van der Waals surface area contributed by atoms with Crippen molar-refractivity contribution < 1.29 is 0 Å². The molecule has 27 heavy (non-hydrogen) atoms. The maximum Gasteiger partial charge on any atom is 0.200 e. The fourth-order valence-corrected chi connectivity index (χ4v) is 3.47. The largest absolute Gasteiger partial charge is 0.267 e. The third-order valence-corrected chi connectivity index (χ3v) is 4.81. The first-order valence-electron chi connectivity index (χ1n) is 8.59. The lowest BCUT2D eigenvalue weighted by Crippen LogP contribution is -2.15. The van der Waals surface area contributed by atoms with Gasteiger partial charge in [0.2, 0.25) is 0 Å². The van der Waals surface area contributed by atoms with Crippen molar-refractivity contribution in [1.82, 2.24) is 34.3 Å². The number of benzene rings is 1. The van der Waals surface area contributed by atoms with E-state index in [1.54, 1.807) is 23.3 Å². The van der Waals surface area contributed by atoms with Crippen molar-refractivity contribution in [2.45, 2.75) is 25.9 Å². The molecule has 0 aliphatic heterocycles. The summed E-state index contributed by atoms with van der Waals surface area (Å²) in [6, 6.07) is 10.1. The summed E-state index contributed by atoms with van der Waals surface area (Å²) in [6.45, 7) is 2.76. The van der Waals surface area contributed by atoms with E-state index in [9.17, 15) is 0 Å². The van der Waals surface area contributed by atoms with E-state index in [1.807, 2.05) is 33.6 Å². The minimum Gasteiger partial charge on any atom is -0.267 e. The predicted molar refractivity (Wildman–Crippen MR) is 106 cm³/mol. The Morgan fingerprint density at radius 2 is 1.96 bits per heavy atom. The molecular formula is C18H18ClN7S. The molecule has 0 amide bonds. The van der Waals surface area contributed by atoms with Gasteiger partial charge in [-0.25, -0.2) is 0 Å². The van der Waals surface area contributed by atoms with Crippen LogP contribution in [0.25, 0.3) is 5.69 Å². The lowest BCUT2D eigenvalue weighted by atomic mass is 10.2. The minimum absolute atomic E-state index is 0.0945. The van der Waals surface area contributed by atoms with E-state index in [0.717, 1.165) is 17.9 Å². The first-order valence-corrected chi connectivity index (χ1v) is 9.38. The number of rotatable bonds is 6. The molecule has 1 atom stereocenters. The Labute approximate surface area is 166 Å². The normalized spacial score (nSPS) is 12.4. The highest BCUT2D eigenvalue weighted by molar-refractivity contribution is 7.71. The lowest BCUT2D eigenvalue weighted by Gasteiger charge is -2.15. The number of H-pyrrole nitrogens is 1. The standard InChI is InChI=1S/C18H18ClN7S/c1-2-16(25-11-14(19)8-21-25)17-22-23-18(27)26(17)15-9-20-24(12-15)10-13-6-4-3-5-7-13/h3-9,11-12,16H,2,10H2,1H3,(H,23,27)/t16-/m1/s1. The molecule has 1 N–H and O–H groups in total. The van der Waals surface area contributed by atoms with E-state index in [2.05, 4.69) is 39.5 Å². The molecule has 0 saturated heterocycles. The van der Waals surface area contributed by atoms with Crippen molar-refractivity contribution in [1.29, 1.82) is 0 Å². The number of aromatic amines is 1. The monoisotopic (exact) mass is 399 g/mol. The van der Waals surface area contributed by atoms with Gasteiger partial charge in [0.1, 0.15) is 6.04 Å². The third-order valence-electron chi connectivity index (χ3n) is 4.34. The van der Waals surface area contributed by atoms with Crippen LogP contribution in [0.1, 0.15) is 30.8 Å². The van der Waals surface area contributed by atoms with Crippen LogP contribution in [0.3, 0.4) is 0 Å². The Bertz CT molecular complexity index is 1090. The second kappa shape index (κ2) is 7.50. The second-order valence-electron chi connectivity index (χ2n) is 6.17. The average Bonchev–Trinajstić information content (AvgIpc) is 3.38. The van der Waals surface area contributed by atoms with Crippen LogP contribution in [0.15, 0.2) is 55.1 Å². The van der Waals surface area contributed by atoms with E-state index in [-0.39, 0.29) is 6.04 Å². The molecule has 0 aliphatic rings. The van der Waals surface area contributed by atoms with Crippen molar-refractivity contribution >= 4 is 23.8 Å². The van der Waals surface area contributed by atoms with Gasteiger partial charge in [0.25, 0.3) is 0 Å². The van der Waals surface area contributed by atoms with Crippen LogP contribution in [0, 0.1) is 4.77 Å². The molecule has 3 aromatic heterocycles. The molecule has 4 aromatic rings. The molecule has 0 spiro atoms. The van der Waals surface area contributed by atoms with Gasteiger partial charge in [0.05, 0.1) is 29.6 Å². The van der Waals surface area contributed by atoms with Gasteiger partial charge in [-0.3, -0.25) is 19.0 Å². The van der Waals surface area contributed by atoms with Gasteiger partial charge in [0, 0.05) is 12.4 Å². The van der Waals surface area contributed by atoms with Crippen LogP contribution >= 0.6 is 23.8 Å². The van der Waals surface area contributed by atoms with Crippen molar-refractivity contribution in [2.75, 3.05) is 0 Å². The van der Waals surface area contributed by atoms with Crippen LogP contribution in [-0.4, -0.2) is 34.3 Å². The molecule has 7 nitrogen and oxygen atoms in total. The summed E-state index contributed by atoms with van der Waals surface area (Å²) in [6.07, 6.45) is 7.95. The van der Waals surface area contributed by atoms with E-state index in [0.29, 0.717) is 16.3 Å². The first kappa shape index (κ1) is 17.7. The van der Waals surface area contributed by atoms with Gasteiger partial charge in [-0.2, -0.15) is 15.3 Å². The summed E-state index contributed by atoms with van der Waals surface area (Å²) in [5.74, 6) is 0.765. The number of nitrogens with zero attached hydrogens (tertiary/aromatic N) is 6. The number of halogens is 1. The Morgan fingerprint density at radius 1 is 1.15 bits per heavy atom. The zero-order valence-electron chi connectivity index (χ0n) is 14.7. The van der Waals surface area contributed by atoms with E-state index in [1.165, 1.54) is 5.56 Å². The first-order chi connectivity index (χ1) is 13.2. The molecule has 0 radical (unpaired) electrons. The average molecular weight is 400 g/mol. The maximum atomic E-state index is 6.04. The zero-order chi connectivity index (χ0) is 18.8. The molecule has 1 aromatic carbocycles. The fraction of sp³-hybridized carbons (Fsp3) is 0.222. The molecule has 0 aliphatic carbocycles. The van der Waals surface area contributed by atoms with Gasteiger partial charge in [-0.05, 0) is 24.2 Å². The molecular weight excluding hydrogens is 382 g/mol. The topological polar surface area (TPSA) is 69.2 Å². The predicted octanol–water partition coefficient (Wildman–Crippen LogP) is 4.02. The fourth-order valence-electron chi connectivity index (χ4n) is 3.08. The Morgan fingerprint density at radius 3 is 2.67 bits per heavy atom. The molecule has 0 bridgehead atoms. The summed E-state index contributed by atoms with van der Waals surface area (Å²) in [7, 11) is 0. The number of hydrogen-bond donors (Lipinski definition) is 1. The van der Waals surface area contributed by atoms with Crippen molar-refractivity contribution in [3.05, 3.63) is 76.3 Å². The van der Waals surface area contributed by atoms with Gasteiger partial charge in [-0.15, -0.1) is 0 Å². The quantitative estimate of drug-likeness (QED) is 0.497. The van der Waals surface area contributed by atoms with Crippen molar-refractivity contribution in [3.63, 3.8) is 0 Å². The van der Waals surface area contributed by atoms with Crippen molar-refractivity contribution in [2.24, 2.45) is 0 Å². The zero-order valence-corrected chi connectivity index (χ0v) is 16.2. The van der Waals surface area contributed by atoms with Gasteiger partial charge in [-0.1, -0.05) is 48.9 Å². The second-order valence-corrected chi connectivity index (χ2v) is 6.99. The van der Waals surface area contributed by atoms with Crippen LogP contribution in [0.2, 0.25) is 5.02 Å². The molecule has 0 saturated carbocycles.